The summed E-state index contributed by atoms with van der Waals surface area (Å²) in [5.74, 6) is 1.63. The zero-order valence-corrected chi connectivity index (χ0v) is 24.2. The summed E-state index contributed by atoms with van der Waals surface area (Å²) in [6, 6.07) is 21.8. The fraction of sp³-hybridized carbons (Fsp3) is 0.419. The van der Waals surface area contributed by atoms with E-state index < -0.39 is 0 Å². The van der Waals surface area contributed by atoms with Crippen molar-refractivity contribution >= 4 is 23.5 Å². The Morgan fingerprint density at radius 3 is 2.00 bits per heavy atom. The van der Waals surface area contributed by atoms with E-state index in [0.717, 1.165) is 5.75 Å². The molecule has 4 heteroatoms. The molecule has 0 aromatic heterocycles. The van der Waals surface area contributed by atoms with Crippen LogP contribution < -0.4 is 4.74 Å². The van der Waals surface area contributed by atoms with Crippen molar-refractivity contribution in [1.29, 1.82) is 0 Å². The van der Waals surface area contributed by atoms with Gasteiger partial charge in [0.25, 0.3) is 0 Å². The predicted molar refractivity (Wildman–Crippen MR) is 156 cm³/mol. The molecule has 3 aromatic carbocycles. The van der Waals surface area contributed by atoms with Gasteiger partial charge in [0.1, 0.15) is 11.6 Å². The van der Waals surface area contributed by atoms with Crippen molar-refractivity contribution in [2.45, 2.75) is 75.5 Å². The van der Waals surface area contributed by atoms with Crippen LogP contribution in [0.15, 0.2) is 76.5 Å². The summed E-state index contributed by atoms with van der Waals surface area (Å²) in [6.45, 7) is 8.52. The minimum atomic E-state index is -0.134. The third-order valence-corrected chi connectivity index (χ3v) is 7.49. The van der Waals surface area contributed by atoms with Gasteiger partial charge < -0.3 is 4.74 Å². The van der Waals surface area contributed by atoms with Gasteiger partial charge in [-0.2, -0.15) is 0 Å². The Bertz CT molecular complexity index is 959. The van der Waals surface area contributed by atoms with E-state index in [1.807, 2.05) is 37.9 Å². The van der Waals surface area contributed by atoms with Crippen molar-refractivity contribution in [1.82, 2.24) is 0 Å². The Hall–Kier alpha value is -1.91. The van der Waals surface area contributed by atoms with Crippen LogP contribution in [0.25, 0.3) is 0 Å². The van der Waals surface area contributed by atoms with Crippen LogP contribution in [0, 0.1) is 5.82 Å². The van der Waals surface area contributed by atoms with Crippen LogP contribution in [0.3, 0.4) is 0 Å². The van der Waals surface area contributed by atoms with E-state index in [-0.39, 0.29) is 5.82 Å². The fourth-order valence-electron chi connectivity index (χ4n) is 3.84. The third-order valence-electron chi connectivity index (χ3n) is 5.91. The van der Waals surface area contributed by atoms with E-state index in [2.05, 4.69) is 62.6 Å². The Morgan fingerprint density at radius 1 is 0.829 bits per heavy atom. The maximum atomic E-state index is 12.6. The molecule has 4 rings (SSSR count). The molecule has 0 spiro atoms. The van der Waals surface area contributed by atoms with Crippen LogP contribution in [0.4, 0.5) is 4.39 Å². The van der Waals surface area contributed by atoms with E-state index in [0.29, 0.717) is 10.8 Å². The predicted octanol–water partition coefficient (Wildman–Crippen LogP) is 10.1. The van der Waals surface area contributed by atoms with Crippen LogP contribution in [0.5, 0.6) is 5.75 Å². The topological polar surface area (TPSA) is 9.23 Å². The molecule has 35 heavy (non-hydrogen) atoms. The minimum absolute atomic E-state index is 0.134. The number of halogens is 1. The standard InChI is InChI=1S/C11H14O.C11H16S.C7H7FS.C2H6/c1-12-11-8-4-6-9-5-2-3-7-10(9)11;1-4-9(2)10-7-5-6-8-11(10)12-3;1-9-7-5-3-2-4-6(7)8;1-2/h4,6,8H,2-3,5,7H2,1H3;5-9H,4H2,1-3H3;2-5H,1H3;1-2H3. The molecule has 0 radical (unpaired) electrons. The van der Waals surface area contributed by atoms with Crippen molar-refractivity contribution in [2.75, 3.05) is 19.6 Å². The lowest BCUT2D eigenvalue weighted by molar-refractivity contribution is 0.406. The number of thioether (sulfide) groups is 2. The summed E-state index contributed by atoms with van der Waals surface area (Å²) in [6.07, 6.45) is 10.3. The molecule has 0 aliphatic heterocycles. The number of rotatable bonds is 5. The van der Waals surface area contributed by atoms with Crippen LogP contribution >= 0.6 is 23.5 Å². The lowest BCUT2D eigenvalue weighted by Gasteiger charge is -2.17. The van der Waals surface area contributed by atoms with Crippen molar-refractivity contribution in [3.63, 3.8) is 0 Å². The lowest BCUT2D eigenvalue weighted by Crippen LogP contribution is -2.04. The van der Waals surface area contributed by atoms with E-state index in [1.54, 1.807) is 19.2 Å². The molecule has 0 saturated heterocycles. The van der Waals surface area contributed by atoms with E-state index in [1.165, 1.54) is 71.5 Å². The number of hydrogen-bond acceptors (Lipinski definition) is 3. The molecule has 0 N–H and O–H groups in total. The van der Waals surface area contributed by atoms with Crippen LogP contribution in [-0.2, 0) is 12.8 Å². The molecule has 3 aromatic rings. The van der Waals surface area contributed by atoms with E-state index >= 15 is 0 Å². The van der Waals surface area contributed by atoms with Crippen molar-refractivity contribution in [3.05, 3.63) is 89.2 Å². The van der Waals surface area contributed by atoms with Crippen molar-refractivity contribution < 1.29 is 9.13 Å². The first-order chi connectivity index (χ1) is 17.0. The summed E-state index contributed by atoms with van der Waals surface area (Å²) in [5, 5.41) is 0. The van der Waals surface area contributed by atoms with Gasteiger partial charge in [-0.15, -0.1) is 23.5 Å². The van der Waals surface area contributed by atoms with Gasteiger partial charge in [-0.25, -0.2) is 4.39 Å². The van der Waals surface area contributed by atoms with Gasteiger partial charge in [-0.1, -0.05) is 70.2 Å². The maximum absolute atomic E-state index is 12.6. The average Bonchev–Trinajstić information content (AvgIpc) is 2.94. The zero-order chi connectivity index (χ0) is 26.1. The molecule has 0 amide bonds. The maximum Gasteiger partial charge on any atom is 0.136 e. The second-order valence-electron chi connectivity index (χ2n) is 7.99. The van der Waals surface area contributed by atoms with Gasteiger partial charge in [0.2, 0.25) is 0 Å². The van der Waals surface area contributed by atoms with E-state index in [4.69, 9.17) is 4.74 Å². The van der Waals surface area contributed by atoms with Crippen molar-refractivity contribution in [3.8, 4) is 5.75 Å². The zero-order valence-electron chi connectivity index (χ0n) is 22.6. The quantitative estimate of drug-likeness (QED) is 0.313. The van der Waals surface area contributed by atoms with Gasteiger partial charge in [0, 0.05) is 9.79 Å². The van der Waals surface area contributed by atoms with Gasteiger partial charge >= 0.3 is 0 Å². The molecule has 1 aliphatic carbocycles. The molecule has 0 heterocycles. The monoisotopic (exact) mass is 514 g/mol. The Kier molecular flexibility index (Phi) is 16.3. The van der Waals surface area contributed by atoms with Crippen LogP contribution in [-0.4, -0.2) is 19.6 Å². The molecule has 0 bridgehead atoms. The SMILES string of the molecule is CC.CCC(C)c1ccccc1SC.COc1cccc2c1CCCC2.CSc1ccccc1F. The highest BCUT2D eigenvalue weighted by molar-refractivity contribution is 7.98. The molecule has 0 fully saturated rings. The highest BCUT2D eigenvalue weighted by Gasteiger charge is 2.12. The molecule has 1 nitrogen and oxygen atoms in total. The normalized spacial score (nSPS) is 12.3. The Labute approximate surface area is 222 Å². The smallest absolute Gasteiger partial charge is 0.136 e. The summed E-state index contributed by atoms with van der Waals surface area (Å²) in [4.78, 5) is 2.13. The first-order valence-corrected chi connectivity index (χ1v) is 15.1. The number of aryl methyl sites for hydroxylation is 1. The summed E-state index contributed by atoms with van der Waals surface area (Å²) in [5.41, 5.74) is 4.42. The largest absolute Gasteiger partial charge is 0.496 e. The molecular formula is C31H43FOS2. The molecule has 192 valence electrons. The van der Waals surface area contributed by atoms with Gasteiger partial charge in [0.05, 0.1) is 7.11 Å². The first-order valence-electron chi connectivity index (χ1n) is 12.6. The van der Waals surface area contributed by atoms with Gasteiger partial charge in [-0.05, 0) is 91.5 Å². The molecule has 1 aliphatic rings. The number of methoxy groups -OCH3 is 1. The second-order valence-corrected chi connectivity index (χ2v) is 9.69. The van der Waals surface area contributed by atoms with Crippen LogP contribution in [0.1, 0.15) is 69.6 Å². The highest BCUT2D eigenvalue weighted by atomic mass is 32.2. The lowest BCUT2D eigenvalue weighted by atomic mass is 9.91. The summed E-state index contributed by atoms with van der Waals surface area (Å²) >= 11 is 3.26. The van der Waals surface area contributed by atoms with E-state index in [9.17, 15) is 4.39 Å². The minimum Gasteiger partial charge on any atom is -0.496 e. The summed E-state index contributed by atoms with van der Waals surface area (Å²) < 4.78 is 17.9. The number of hydrogen-bond donors (Lipinski definition) is 0. The first kappa shape index (κ1) is 31.1. The number of fused-ring (bicyclic) bond motifs is 1. The summed E-state index contributed by atoms with van der Waals surface area (Å²) in [7, 11) is 1.75. The highest BCUT2D eigenvalue weighted by Crippen LogP contribution is 2.29. The molecular weight excluding hydrogens is 471 g/mol. The molecule has 1 atom stereocenters. The van der Waals surface area contributed by atoms with Gasteiger partial charge in [-0.3, -0.25) is 0 Å². The van der Waals surface area contributed by atoms with Crippen molar-refractivity contribution in [2.24, 2.45) is 0 Å². The molecule has 1 unspecified atom stereocenters. The van der Waals surface area contributed by atoms with Gasteiger partial charge in [0.15, 0.2) is 0 Å². The van der Waals surface area contributed by atoms with Crippen LogP contribution in [0.2, 0.25) is 0 Å². The number of benzene rings is 3. The molecule has 0 saturated carbocycles. The second kappa shape index (κ2) is 18.4. The third kappa shape index (κ3) is 10.3. The Morgan fingerprint density at radius 2 is 1.43 bits per heavy atom. The fourth-order valence-corrected chi connectivity index (χ4v) is 5.04. The number of ether oxygens (including phenoxy) is 1. The Balaban J connectivity index is 0.000000256. The average molecular weight is 515 g/mol.